The first kappa shape index (κ1) is 37.1. The number of aryl methyl sites for hydroxylation is 1. The summed E-state index contributed by atoms with van der Waals surface area (Å²) in [6.45, 7) is 5.74. The maximum atomic E-state index is 16.9. The summed E-state index contributed by atoms with van der Waals surface area (Å²) in [5.74, 6) is -3.17. The molecule has 18 heteroatoms. The van der Waals surface area contributed by atoms with Gasteiger partial charge >= 0.3 is 12.2 Å². The van der Waals surface area contributed by atoms with Gasteiger partial charge in [-0.25, -0.2) is 23.1 Å². The zero-order valence-corrected chi connectivity index (χ0v) is 30.4. The van der Waals surface area contributed by atoms with Crippen molar-refractivity contribution < 1.29 is 35.9 Å². The van der Waals surface area contributed by atoms with Gasteiger partial charge in [0.2, 0.25) is 0 Å². The molecular weight excluding hydrogens is 746 g/mol. The van der Waals surface area contributed by atoms with Crippen LogP contribution < -0.4 is 15.4 Å². The Kier molecular flexibility index (Phi) is 9.72. The summed E-state index contributed by atoms with van der Waals surface area (Å²) < 4.78 is 95.8. The molecule has 1 aromatic carbocycles. The van der Waals surface area contributed by atoms with Crippen molar-refractivity contribution in [2.24, 2.45) is 0 Å². The molecule has 6 heterocycles. The first-order chi connectivity index (χ1) is 25.1. The summed E-state index contributed by atoms with van der Waals surface area (Å²) in [6.07, 6.45) is -1.67. The normalized spacial score (nSPS) is 24.0. The van der Waals surface area contributed by atoms with E-state index >= 15 is 8.78 Å². The van der Waals surface area contributed by atoms with Crippen molar-refractivity contribution in [2.45, 2.75) is 70.0 Å². The zero-order chi connectivity index (χ0) is 38.0. The topological polar surface area (TPSA) is 114 Å². The maximum Gasteiger partial charge on any atom is 0.418 e. The predicted molar refractivity (Wildman–Crippen MR) is 190 cm³/mol. The Balaban J connectivity index is 1.32. The number of carbonyl (C=O) groups is 1. The molecule has 0 spiro atoms. The molecule has 0 radical (unpaired) electrons. The number of anilines is 2. The van der Waals surface area contributed by atoms with Gasteiger partial charge in [-0.1, -0.05) is 11.6 Å². The summed E-state index contributed by atoms with van der Waals surface area (Å²) in [4.78, 5) is 35.3. The van der Waals surface area contributed by atoms with E-state index in [0.717, 1.165) is 18.6 Å². The smallest absolute Gasteiger partial charge is 0.418 e. The molecule has 0 aliphatic carbocycles. The van der Waals surface area contributed by atoms with Gasteiger partial charge in [0.1, 0.15) is 34.9 Å². The number of benzene rings is 1. The standard InChI is InChI=1S/C35H35ClF6N8O2S/c1-17-9-24(43)45-30(27(17)35(40,41)42)26-22(36)10-21-29(28(26)39)46-33(52-16-34-5-4-7-48(34)15-20(37)12-34)47-31(21)49-13-19(3)50(14-18(49)2)32(51)23(38)11-25-44-6-8-53-25/h6,8-11,18-20H,4-5,7,12-16H2,1-3H3,(H2,43,45)/b23-11-/t18-,19+,20?,34?/m1/s1. The number of nitrogens with two attached hydrogens (primary N) is 1. The molecule has 7 rings (SSSR count). The molecule has 2 N–H and O–H groups in total. The number of hydrogen-bond donors (Lipinski definition) is 1. The fraction of sp³-hybridized carbons (Fsp3) is 0.457. The van der Waals surface area contributed by atoms with Crippen LogP contribution in [0.15, 0.2) is 29.5 Å². The van der Waals surface area contributed by atoms with Crippen molar-refractivity contribution >= 4 is 57.5 Å². The fourth-order valence-electron chi connectivity index (χ4n) is 7.86. The Bertz CT molecular complexity index is 2100. The zero-order valence-electron chi connectivity index (χ0n) is 28.9. The second-order valence-electron chi connectivity index (χ2n) is 13.9. The van der Waals surface area contributed by atoms with Crippen molar-refractivity contribution in [3.8, 4) is 17.3 Å². The minimum Gasteiger partial charge on any atom is -0.461 e. The van der Waals surface area contributed by atoms with E-state index in [0.29, 0.717) is 18.0 Å². The van der Waals surface area contributed by atoms with Gasteiger partial charge in [-0.3, -0.25) is 9.69 Å². The quantitative estimate of drug-likeness (QED) is 0.153. The number of carbonyl (C=O) groups excluding carboxylic acids is 1. The lowest BCUT2D eigenvalue weighted by Gasteiger charge is -2.44. The number of hydrogen-bond acceptors (Lipinski definition) is 10. The highest BCUT2D eigenvalue weighted by atomic mass is 35.5. The number of fused-ring (bicyclic) bond motifs is 2. The average Bonchev–Trinajstić information content (AvgIpc) is 3.80. The average molecular weight is 781 g/mol. The van der Waals surface area contributed by atoms with E-state index in [9.17, 15) is 22.4 Å². The van der Waals surface area contributed by atoms with Gasteiger partial charge in [0.05, 0.1) is 27.4 Å². The molecule has 10 nitrogen and oxygen atoms in total. The van der Waals surface area contributed by atoms with Gasteiger partial charge in [-0.15, -0.1) is 11.3 Å². The molecular formula is C35H35ClF6N8O2S. The van der Waals surface area contributed by atoms with E-state index in [1.165, 1.54) is 35.4 Å². The number of alkyl halides is 4. The highest BCUT2D eigenvalue weighted by Gasteiger charge is 2.49. The van der Waals surface area contributed by atoms with Crippen LogP contribution in [0.2, 0.25) is 5.02 Å². The van der Waals surface area contributed by atoms with Crippen molar-refractivity contribution in [3.63, 3.8) is 0 Å². The number of pyridine rings is 1. The van der Waals surface area contributed by atoms with Crippen LogP contribution in [0.1, 0.15) is 49.2 Å². The van der Waals surface area contributed by atoms with Gasteiger partial charge in [-0.2, -0.15) is 23.1 Å². The number of amides is 1. The molecule has 3 aromatic heterocycles. The van der Waals surface area contributed by atoms with Crippen LogP contribution in [0.5, 0.6) is 6.01 Å². The summed E-state index contributed by atoms with van der Waals surface area (Å²) >= 11 is 7.80. The number of nitrogen functional groups attached to an aromatic ring is 1. The lowest BCUT2D eigenvalue weighted by Crippen LogP contribution is -2.58. The van der Waals surface area contributed by atoms with E-state index in [1.807, 2.05) is 4.90 Å². The number of nitrogens with zero attached hydrogens (tertiary/aromatic N) is 7. The first-order valence-electron chi connectivity index (χ1n) is 17.0. The van der Waals surface area contributed by atoms with Gasteiger partial charge in [0.15, 0.2) is 11.6 Å². The third kappa shape index (κ3) is 6.86. The van der Waals surface area contributed by atoms with E-state index in [1.54, 1.807) is 24.1 Å². The van der Waals surface area contributed by atoms with Gasteiger partial charge in [0.25, 0.3) is 5.91 Å². The molecule has 53 heavy (non-hydrogen) atoms. The van der Waals surface area contributed by atoms with Gasteiger partial charge in [-0.05, 0) is 57.9 Å². The summed E-state index contributed by atoms with van der Waals surface area (Å²) in [5, 5.41) is 1.64. The Morgan fingerprint density at radius 2 is 1.94 bits per heavy atom. The molecule has 2 unspecified atom stereocenters. The SMILES string of the molecule is Cc1cc(N)nc(-c2c(Cl)cc3c(N4C[C@H](C)N(C(=O)/C(F)=C/c5nccs5)C[C@H]4C)nc(OCC45CCCN4CC(F)C5)nc3c2F)c1C(F)(F)F. The van der Waals surface area contributed by atoms with Gasteiger partial charge in [0, 0.05) is 61.2 Å². The third-order valence-corrected chi connectivity index (χ3v) is 11.3. The van der Waals surface area contributed by atoms with Crippen LogP contribution in [0, 0.1) is 12.7 Å². The van der Waals surface area contributed by atoms with Crippen LogP contribution >= 0.6 is 22.9 Å². The van der Waals surface area contributed by atoms with E-state index in [-0.39, 0.29) is 61.3 Å². The molecule has 3 fully saturated rings. The summed E-state index contributed by atoms with van der Waals surface area (Å²) in [7, 11) is 0. The molecule has 3 aliphatic rings. The molecule has 0 bridgehead atoms. The lowest BCUT2D eigenvalue weighted by atomic mass is 9.95. The van der Waals surface area contributed by atoms with Crippen LogP contribution in [-0.2, 0) is 11.0 Å². The second kappa shape index (κ2) is 13.9. The van der Waals surface area contributed by atoms with Crippen molar-refractivity contribution in [3.05, 3.63) is 56.5 Å². The number of aromatic nitrogens is 4. The lowest BCUT2D eigenvalue weighted by molar-refractivity contribution is -0.137. The number of rotatable bonds is 7. The highest BCUT2D eigenvalue weighted by molar-refractivity contribution is 7.10. The number of thiazole rings is 1. The number of piperazine rings is 1. The van der Waals surface area contributed by atoms with Crippen LogP contribution in [-0.4, -0.2) is 92.2 Å². The Hall–Kier alpha value is -4.22. The van der Waals surface area contributed by atoms with E-state index in [2.05, 4.69) is 19.9 Å². The first-order valence-corrected chi connectivity index (χ1v) is 18.2. The number of ether oxygens (including phenoxy) is 1. The van der Waals surface area contributed by atoms with Crippen LogP contribution in [0.4, 0.5) is 38.0 Å². The molecule has 3 aliphatic heterocycles. The number of halogens is 7. The maximum absolute atomic E-state index is 16.9. The van der Waals surface area contributed by atoms with E-state index in [4.69, 9.17) is 22.1 Å². The molecule has 282 valence electrons. The molecule has 4 atom stereocenters. The summed E-state index contributed by atoms with van der Waals surface area (Å²) in [6, 6.07) is 0.906. The van der Waals surface area contributed by atoms with Crippen molar-refractivity contribution in [1.29, 1.82) is 0 Å². The fourth-order valence-corrected chi connectivity index (χ4v) is 8.70. The monoisotopic (exact) mass is 780 g/mol. The third-order valence-electron chi connectivity index (χ3n) is 10.3. The minimum atomic E-state index is -4.93. The van der Waals surface area contributed by atoms with E-state index < -0.39 is 74.9 Å². The Morgan fingerprint density at radius 3 is 2.66 bits per heavy atom. The van der Waals surface area contributed by atoms with Crippen LogP contribution in [0.25, 0.3) is 28.2 Å². The highest BCUT2D eigenvalue weighted by Crippen LogP contribution is 2.45. The molecule has 0 saturated carbocycles. The van der Waals surface area contributed by atoms with Crippen molar-refractivity contribution in [1.82, 2.24) is 29.7 Å². The summed E-state index contributed by atoms with van der Waals surface area (Å²) in [5.41, 5.74) is 1.89. The molecule has 1 amide bonds. The predicted octanol–water partition coefficient (Wildman–Crippen LogP) is 7.24. The largest absolute Gasteiger partial charge is 0.461 e. The second-order valence-corrected chi connectivity index (χ2v) is 15.2. The van der Waals surface area contributed by atoms with Crippen molar-refractivity contribution in [2.75, 3.05) is 43.4 Å². The van der Waals surface area contributed by atoms with Gasteiger partial charge < -0.3 is 20.3 Å². The molecule has 3 saturated heterocycles. The van der Waals surface area contributed by atoms with Crippen LogP contribution in [0.3, 0.4) is 0 Å². The molecule has 4 aromatic rings. The Labute approximate surface area is 309 Å². The minimum absolute atomic E-state index is 0.00638. The Morgan fingerprint density at radius 1 is 1.17 bits per heavy atom.